The van der Waals surface area contributed by atoms with Gasteiger partial charge in [-0.2, -0.15) is 5.26 Å². The first-order valence-electron chi connectivity index (χ1n) is 11.6. The number of pyridine rings is 1. The smallest absolute Gasteiger partial charge is 0.236 e. The van der Waals surface area contributed by atoms with Gasteiger partial charge in [-0.1, -0.05) is 11.8 Å². The third-order valence-electron chi connectivity index (χ3n) is 6.24. The topological polar surface area (TPSA) is 111 Å². The van der Waals surface area contributed by atoms with Gasteiger partial charge >= 0.3 is 0 Å². The third kappa shape index (κ3) is 4.45. The molecule has 1 aliphatic carbocycles. The summed E-state index contributed by atoms with van der Waals surface area (Å²) in [6.45, 7) is 3.82. The van der Waals surface area contributed by atoms with Crippen molar-refractivity contribution in [3.05, 3.63) is 65.6 Å². The molecule has 0 aliphatic heterocycles. The van der Waals surface area contributed by atoms with Gasteiger partial charge < -0.3 is 10.1 Å². The van der Waals surface area contributed by atoms with Crippen LogP contribution in [-0.2, 0) is 4.79 Å². The maximum atomic E-state index is 13.1. The van der Waals surface area contributed by atoms with Crippen LogP contribution >= 0.6 is 11.8 Å². The van der Waals surface area contributed by atoms with Crippen LogP contribution in [-0.4, -0.2) is 43.1 Å². The SMILES string of the molecule is COc1ccc(-n2c(C)c(C)c(C#N)c2NC(=O)CSc2nnc(-c3cccnc3)n2C2CC2)cc1. The Morgan fingerprint density at radius 3 is 2.64 bits per heavy atom. The van der Waals surface area contributed by atoms with E-state index in [1.54, 1.807) is 19.5 Å². The van der Waals surface area contributed by atoms with Gasteiger partial charge in [-0.25, -0.2) is 0 Å². The number of hydrogen-bond acceptors (Lipinski definition) is 7. The molecular formula is C26H25N7O2S. The zero-order chi connectivity index (χ0) is 25.2. The number of rotatable bonds is 8. The molecular weight excluding hydrogens is 474 g/mol. The molecule has 4 aromatic rings. The number of nitrogens with zero attached hydrogens (tertiary/aromatic N) is 6. The van der Waals surface area contributed by atoms with Crippen LogP contribution < -0.4 is 10.1 Å². The summed E-state index contributed by atoms with van der Waals surface area (Å²) in [5.74, 6) is 1.86. The Balaban J connectivity index is 1.38. The van der Waals surface area contributed by atoms with Crippen molar-refractivity contribution >= 4 is 23.5 Å². The standard InChI is InChI=1S/C26H25N7O2S/c1-16-17(2)32(19-8-10-21(35-3)11-9-19)25(22(16)13-27)29-23(34)15-36-26-31-30-24(33(26)20-6-7-20)18-5-4-12-28-14-18/h4-5,8-12,14,20H,6-7,15H2,1-3H3,(H,29,34). The molecule has 182 valence electrons. The van der Waals surface area contributed by atoms with Gasteiger partial charge in [0.05, 0.1) is 18.4 Å². The molecule has 1 aromatic carbocycles. The summed E-state index contributed by atoms with van der Waals surface area (Å²) in [6.07, 6.45) is 5.61. The number of nitriles is 1. The number of ether oxygens (including phenoxy) is 1. The quantitative estimate of drug-likeness (QED) is 0.350. The summed E-state index contributed by atoms with van der Waals surface area (Å²) < 4.78 is 9.26. The highest BCUT2D eigenvalue weighted by Crippen LogP contribution is 2.41. The molecule has 5 rings (SSSR count). The fourth-order valence-corrected chi connectivity index (χ4v) is 4.95. The molecule has 1 amide bonds. The molecule has 10 heteroatoms. The van der Waals surface area contributed by atoms with Crippen molar-refractivity contribution in [3.8, 4) is 28.9 Å². The Morgan fingerprint density at radius 1 is 1.22 bits per heavy atom. The zero-order valence-electron chi connectivity index (χ0n) is 20.2. The van der Waals surface area contributed by atoms with Crippen LogP contribution in [0.1, 0.15) is 35.7 Å². The van der Waals surface area contributed by atoms with Crippen LogP contribution in [0, 0.1) is 25.2 Å². The van der Waals surface area contributed by atoms with Crippen LogP contribution in [0.3, 0.4) is 0 Å². The molecule has 0 bridgehead atoms. The van der Waals surface area contributed by atoms with Crippen LogP contribution in [0.4, 0.5) is 5.82 Å². The average molecular weight is 500 g/mol. The summed E-state index contributed by atoms with van der Waals surface area (Å²) in [6, 6.07) is 13.9. The summed E-state index contributed by atoms with van der Waals surface area (Å²) in [5, 5.41) is 22.3. The van der Waals surface area contributed by atoms with E-state index in [1.165, 1.54) is 11.8 Å². The number of methoxy groups -OCH3 is 1. The Morgan fingerprint density at radius 2 is 2.00 bits per heavy atom. The number of hydrogen-bond donors (Lipinski definition) is 1. The number of aromatic nitrogens is 5. The van der Waals surface area contributed by atoms with Crippen molar-refractivity contribution in [1.29, 1.82) is 5.26 Å². The lowest BCUT2D eigenvalue weighted by Gasteiger charge is -2.14. The molecule has 0 unspecified atom stereocenters. The molecule has 1 saturated carbocycles. The monoisotopic (exact) mass is 499 g/mol. The van der Waals surface area contributed by atoms with E-state index in [-0.39, 0.29) is 11.7 Å². The Bertz CT molecular complexity index is 1450. The lowest BCUT2D eigenvalue weighted by molar-refractivity contribution is -0.113. The number of nitrogens with one attached hydrogen (secondary N) is 1. The lowest BCUT2D eigenvalue weighted by atomic mass is 10.2. The number of carbonyl (C=O) groups excluding carboxylic acids is 1. The highest BCUT2D eigenvalue weighted by molar-refractivity contribution is 7.99. The maximum absolute atomic E-state index is 13.1. The van der Waals surface area contributed by atoms with E-state index >= 15 is 0 Å². The first-order chi connectivity index (χ1) is 17.5. The lowest BCUT2D eigenvalue weighted by Crippen LogP contribution is -2.18. The highest BCUT2D eigenvalue weighted by Gasteiger charge is 2.30. The second-order valence-corrected chi connectivity index (χ2v) is 9.51. The van der Waals surface area contributed by atoms with E-state index in [4.69, 9.17) is 4.74 Å². The third-order valence-corrected chi connectivity index (χ3v) is 7.19. The summed E-state index contributed by atoms with van der Waals surface area (Å²) >= 11 is 1.34. The maximum Gasteiger partial charge on any atom is 0.236 e. The minimum absolute atomic E-state index is 0.134. The van der Waals surface area contributed by atoms with E-state index in [2.05, 4.69) is 31.1 Å². The van der Waals surface area contributed by atoms with Gasteiger partial charge in [0.2, 0.25) is 5.91 Å². The van der Waals surface area contributed by atoms with Gasteiger partial charge in [-0.15, -0.1) is 10.2 Å². The van der Waals surface area contributed by atoms with Crippen molar-refractivity contribution in [2.45, 2.75) is 37.9 Å². The molecule has 1 N–H and O–H groups in total. The number of anilines is 1. The van der Waals surface area contributed by atoms with Crippen molar-refractivity contribution in [3.63, 3.8) is 0 Å². The van der Waals surface area contributed by atoms with Crippen molar-refractivity contribution in [1.82, 2.24) is 24.3 Å². The summed E-state index contributed by atoms with van der Waals surface area (Å²) in [5.41, 5.74) is 3.88. The summed E-state index contributed by atoms with van der Waals surface area (Å²) in [7, 11) is 1.61. The van der Waals surface area contributed by atoms with Crippen molar-refractivity contribution < 1.29 is 9.53 Å². The van der Waals surface area contributed by atoms with E-state index < -0.39 is 0 Å². The largest absolute Gasteiger partial charge is 0.497 e. The molecule has 1 aliphatic rings. The van der Waals surface area contributed by atoms with Gasteiger partial charge in [-0.05, 0) is 68.7 Å². The van der Waals surface area contributed by atoms with Crippen LogP contribution in [0.5, 0.6) is 5.75 Å². The molecule has 9 nitrogen and oxygen atoms in total. The number of carbonyl (C=O) groups is 1. The molecule has 0 atom stereocenters. The molecule has 0 spiro atoms. The predicted molar refractivity (Wildman–Crippen MR) is 137 cm³/mol. The van der Waals surface area contributed by atoms with Gasteiger partial charge in [-0.3, -0.25) is 18.9 Å². The fraction of sp³-hybridized carbons (Fsp3) is 0.269. The zero-order valence-corrected chi connectivity index (χ0v) is 21.0. The van der Waals surface area contributed by atoms with Gasteiger partial charge in [0.15, 0.2) is 11.0 Å². The first kappa shape index (κ1) is 23.6. The number of amides is 1. The van der Waals surface area contributed by atoms with E-state index in [0.717, 1.165) is 46.9 Å². The van der Waals surface area contributed by atoms with Gasteiger partial charge in [0.25, 0.3) is 0 Å². The second-order valence-electron chi connectivity index (χ2n) is 8.57. The van der Waals surface area contributed by atoms with Crippen molar-refractivity contribution in [2.24, 2.45) is 0 Å². The highest BCUT2D eigenvalue weighted by atomic mass is 32.2. The van der Waals surface area contributed by atoms with E-state index in [1.807, 2.05) is 54.8 Å². The van der Waals surface area contributed by atoms with E-state index in [9.17, 15) is 10.1 Å². The predicted octanol–water partition coefficient (Wildman–Crippen LogP) is 4.69. The normalized spacial score (nSPS) is 12.8. The van der Waals surface area contributed by atoms with E-state index in [0.29, 0.717) is 22.6 Å². The second kappa shape index (κ2) is 9.87. The average Bonchev–Trinajstić information content (AvgIpc) is 3.61. The minimum atomic E-state index is -0.225. The van der Waals surface area contributed by atoms with Gasteiger partial charge in [0.1, 0.15) is 17.6 Å². The Kier molecular flexibility index (Phi) is 6.48. The molecule has 0 radical (unpaired) electrons. The van der Waals surface area contributed by atoms with Crippen LogP contribution in [0.25, 0.3) is 17.1 Å². The fourth-order valence-electron chi connectivity index (χ4n) is 4.14. The molecule has 3 aromatic heterocycles. The number of benzene rings is 1. The molecule has 0 saturated heterocycles. The van der Waals surface area contributed by atoms with Crippen molar-refractivity contribution in [2.75, 3.05) is 18.2 Å². The van der Waals surface area contributed by atoms with Gasteiger partial charge in [0, 0.05) is 35.4 Å². The summed E-state index contributed by atoms with van der Waals surface area (Å²) in [4.78, 5) is 17.3. The van der Waals surface area contributed by atoms with Crippen LogP contribution in [0.2, 0.25) is 0 Å². The van der Waals surface area contributed by atoms with Crippen LogP contribution in [0.15, 0.2) is 53.9 Å². The Hall–Kier alpha value is -4.10. The Labute approximate surface area is 213 Å². The minimum Gasteiger partial charge on any atom is -0.497 e. The number of thioether (sulfide) groups is 1. The first-order valence-corrected chi connectivity index (χ1v) is 12.5. The molecule has 3 heterocycles. The molecule has 1 fully saturated rings. The molecule has 36 heavy (non-hydrogen) atoms.